The van der Waals surface area contributed by atoms with Crippen LogP contribution < -0.4 is 5.32 Å². The highest BCUT2D eigenvalue weighted by Gasteiger charge is 2.27. The number of nitrogens with one attached hydrogen (secondary N) is 1. The average Bonchev–Trinajstić information content (AvgIpc) is 3.24. The van der Waals surface area contributed by atoms with E-state index in [0.717, 1.165) is 19.3 Å². The van der Waals surface area contributed by atoms with E-state index in [1.165, 1.54) is 28.7 Å². The minimum Gasteiger partial charge on any atom is -0.337 e. The van der Waals surface area contributed by atoms with Crippen molar-refractivity contribution in [1.29, 1.82) is 0 Å². The molecule has 1 saturated heterocycles. The Bertz CT molecular complexity index is 911. The second-order valence-corrected chi connectivity index (χ2v) is 6.89. The number of aryl methyl sites for hydroxylation is 2. The Morgan fingerprint density at radius 1 is 1.29 bits per heavy atom. The first kappa shape index (κ1) is 19.5. The van der Waals surface area contributed by atoms with Crippen LogP contribution in [0.25, 0.3) is 0 Å². The van der Waals surface area contributed by atoms with Gasteiger partial charge >= 0.3 is 5.69 Å². The monoisotopic (exact) mass is 389 g/mol. The number of likely N-dealkylation sites (tertiary alicyclic amines) is 1. The minimum absolute atomic E-state index is 0.151. The molecule has 2 amide bonds. The molecule has 0 radical (unpaired) electrons. The quantitative estimate of drug-likeness (QED) is 0.612. The lowest BCUT2D eigenvalue weighted by Gasteiger charge is -2.27. The van der Waals surface area contributed by atoms with Crippen LogP contribution in [0.4, 0.5) is 11.4 Å². The van der Waals surface area contributed by atoms with Gasteiger partial charge in [0.2, 0.25) is 5.91 Å². The first-order valence-electron chi connectivity index (χ1n) is 9.12. The number of hydrogen-bond donors (Lipinski definition) is 1. The molecule has 150 valence electrons. The van der Waals surface area contributed by atoms with E-state index in [-0.39, 0.29) is 17.3 Å². The molecule has 0 bridgehead atoms. The summed E-state index contributed by atoms with van der Waals surface area (Å²) < 4.78 is 2.69. The summed E-state index contributed by atoms with van der Waals surface area (Å²) in [4.78, 5) is 37.7. The number of piperidine rings is 1. The third-order valence-electron chi connectivity index (χ3n) is 4.91. The fourth-order valence-corrected chi connectivity index (χ4v) is 3.24. The number of aromatic nitrogens is 4. The first-order valence-corrected chi connectivity index (χ1v) is 9.12. The van der Waals surface area contributed by atoms with Crippen molar-refractivity contribution in [2.45, 2.75) is 39.2 Å². The summed E-state index contributed by atoms with van der Waals surface area (Å²) in [7, 11) is 1.65. The molecule has 1 unspecified atom stereocenters. The summed E-state index contributed by atoms with van der Waals surface area (Å²) in [6.07, 6.45) is 5.67. The third kappa shape index (κ3) is 3.73. The van der Waals surface area contributed by atoms with Crippen molar-refractivity contribution in [3.8, 4) is 0 Å². The van der Waals surface area contributed by atoms with Crippen molar-refractivity contribution in [2.24, 2.45) is 7.05 Å². The van der Waals surface area contributed by atoms with Gasteiger partial charge in [-0.3, -0.25) is 29.1 Å². The molecule has 0 aromatic carbocycles. The fraction of sp³-hybridized carbons (Fsp3) is 0.529. The van der Waals surface area contributed by atoms with Crippen LogP contribution in [0.15, 0.2) is 12.4 Å². The number of nitrogens with zero attached hydrogens (tertiary/aromatic N) is 6. The van der Waals surface area contributed by atoms with Crippen LogP contribution in [0.3, 0.4) is 0 Å². The van der Waals surface area contributed by atoms with Crippen molar-refractivity contribution in [3.63, 3.8) is 0 Å². The Labute approximate surface area is 161 Å². The van der Waals surface area contributed by atoms with Gasteiger partial charge in [-0.2, -0.15) is 10.2 Å². The first-order chi connectivity index (χ1) is 13.3. The Morgan fingerprint density at radius 2 is 1.96 bits per heavy atom. The second-order valence-electron chi connectivity index (χ2n) is 6.89. The Morgan fingerprint density at radius 3 is 2.57 bits per heavy atom. The van der Waals surface area contributed by atoms with Crippen molar-refractivity contribution in [2.75, 3.05) is 18.4 Å². The molecule has 1 fully saturated rings. The summed E-state index contributed by atoms with van der Waals surface area (Å²) >= 11 is 0. The van der Waals surface area contributed by atoms with Crippen LogP contribution in [-0.4, -0.2) is 54.3 Å². The van der Waals surface area contributed by atoms with E-state index in [0.29, 0.717) is 24.5 Å². The van der Waals surface area contributed by atoms with Gasteiger partial charge < -0.3 is 10.2 Å². The van der Waals surface area contributed by atoms with Crippen LogP contribution in [0.1, 0.15) is 48.4 Å². The van der Waals surface area contributed by atoms with Crippen LogP contribution >= 0.6 is 0 Å². The zero-order chi connectivity index (χ0) is 20.4. The second kappa shape index (κ2) is 7.79. The van der Waals surface area contributed by atoms with Crippen molar-refractivity contribution < 1.29 is 14.5 Å². The molecule has 28 heavy (non-hydrogen) atoms. The van der Waals surface area contributed by atoms with Crippen LogP contribution in [0.5, 0.6) is 0 Å². The molecular weight excluding hydrogens is 366 g/mol. The summed E-state index contributed by atoms with van der Waals surface area (Å²) in [6, 6.07) is -0.800. The highest BCUT2D eigenvalue weighted by Crippen LogP contribution is 2.22. The summed E-state index contributed by atoms with van der Waals surface area (Å²) in [5.74, 6) is -0.619. The molecule has 0 saturated carbocycles. The molecule has 0 spiro atoms. The number of carbonyl (C=O) groups excluding carboxylic acids is 2. The van der Waals surface area contributed by atoms with Gasteiger partial charge in [-0.15, -0.1) is 0 Å². The maximum Gasteiger partial charge on any atom is 0.309 e. The van der Waals surface area contributed by atoms with Gasteiger partial charge in [0.05, 0.1) is 16.8 Å². The predicted octanol–water partition coefficient (Wildman–Crippen LogP) is 1.66. The van der Waals surface area contributed by atoms with Crippen LogP contribution in [-0.2, 0) is 11.8 Å². The molecule has 1 atom stereocenters. The van der Waals surface area contributed by atoms with E-state index in [4.69, 9.17) is 0 Å². The number of nitro groups is 1. The van der Waals surface area contributed by atoms with Gasteiger partial charge in [-0.05, 0) is 33.1 Å². The average molecular weight is 389 g/mol. The standard InChI is InChI=1S/C17H23N7O4/c1-11-14(24(27)28)10-23(20-11)12(2)16(25)19-13-9-18-21(3)15(13)17(26)22-7-5-4-6-8-22/h9-10,12H,4-8H2,1-3H3,(H,19,25). The lowest BCUT2D eigenvalue weighted by Crippen LogP contribution is -2.37. The topological polar surface area (TPSA) is 128 Å². The van der Waals surface area contributed by atoms with Gasteiger partial charge in [0, 0.05) is 20.1 Å². The van der Waals surface area contributed by atoms with E-state index >= 15 is 0 Å². The van der Waals surface area contributed by atoms with Gasteiger partial charge in [-0.25, -0.2) is 0 Å². The van der Waals surface area contributed by atoms with Crippen molar-refractivity contribution in [3.05, 3.63) is 33.9 Å². The number of hydrogen-bond acceptors (Lipinski definition) is 6. The lowest BCUT2D eigenvalue weighted by molar-refractivity contribution is -0.385. The largest absolute Gasteiger partial charge is 0.337 e. The Hall–Kier alpha value is -3.24. The molecule has 0 aliphatic carbocycles. The number of rotatable bonds is 5. The molecule has 11 nitrogen and oxygen atoms in total. The molecule has 2 aromatic heterocycles. The van der Waals surface area contributed by atoms with E-state index < -0.39 is 16.9 Å². The SMILES string of the molecule is Cc1nn(C(C)C(=O)Nc2cnn(C)c2C(=O)N2CCCCC2)cc1[N+](=O)[O-]. The molecule has 3 rings (SSSR count). The number of anilines is 1. The maximum atomic E-state index is 12.9. The van der Waals surface area contributed by atoms with E-state index in [9.17, 15) is 19.7 Å². The van der Waals surface area contributed by atoms with Gasteiger partial charge in [0.15, 0.2) is 0 Å². The van der Waals surface area contributed by atoms with Crippen LogP contribution in [0.2, 0.25) is 0 Å². The normalized spacial score (nSPS) is 15.3. The summed E-state index contributed by atoms with van der Waals surface area (Å²) in [5.41, 5.74) is 0.701. The highest BCUT2D eigenvalue weighted by atomic mass is 16.6. The Kier molecular flexibility index (Phi) is 5.43. The highest BCUT2D eigenvalue weighted by molar-refractivity contribution is 6.03. The third-order valence-corrected chi connectivity index (χ3v) is 4.91. The summed E-state index contributed by atoms with van der Waals surface area (Å²) in [6.45, 7) is 4.46. The van der Waals surface area contributed by atoms with Crippen molar-refractivity contribution >= 4 is 23.2 Å². The zero-order valence-electron chi connectivity index (χ0n) is 16.1. The maximum absolute atomic E-state index is 12.9. The van der Waals surface area contributed by atoms with Gasteiger partial charge in [-0.1, -0.05) is 0 Å². The molecule has 11 heteroatoms. The zero-order valence-corrected chi connectivity index (χ0v) is 16.1. The van der Waals surface area contributed by atoms with Gasteiger partial charge in [0.25, 0.3) is 5.91 Å². The smallest absolute Gasteiger partial charge is 0.309 e. The van der Waals surface area contributed by atoms with Gasteiger partial charge in [0.1, 0.15) is 23.6 Å². The molecule has 1 N–H and O–H groups in total. The predicted molar refractivity (Wildman–Crippen MR) is 99.9 cm³/mol. The molecule has 1 aliphatic heterocycles. The summed E-state index contributed by atoms with van der Waals surface area (Å²) in [5, 5.41) is 21.8. The molecule has 2 aromatic rings. The fourth-order valence-electron chi connectivity index (χ4n) is 3.24. The number of carbonyl (C=O) groups is 2. The minimum atomic E-state index is -0.800. The molecular formula is C17H23N7O4. The lowest BCUT2D eigenvalue weighted by atomic mass is 10.1. The van der Waals surface area contributed by atoms with E-state index in [1.54, 1.807) is 18.9 Å². The Balaban J connectivity index is 1.78. The van der Waals surface area contributed by atoms with E-state index in [2.05, 4.69) is 15.5 Å². The number of amides is 2. The molecule has 1 aliphatic rings. The molecule has 3 heterocycles. The van der Waals surface area contributed by atoms with E-state index in [1.807, 2.05) is 0 Å². The van der Waals surface area contributed by atoms with Crippen LogP contribution in [0, 0.1) is 17.0 Å². The van der Waals surface area contributed by atoms with Crippen molar-refractivity contribution in [1.82, 2.24) is 24.5 Å².